The van der Waals surface area contributed by atoms with Gasteiger partial charge in [-0.1, -0.05) is 6.42 Å². The van der Waals surface area contributed by atoms with Crippen molar-refractivity contribution in [3.05, 3.63) is 63.5 Å². The van der Waals surface area contributed by atoms with Gasteiger partial charge in [0.15, 0.2) is 0 Å². The van der Waals surface area contributed by atoms with Crippen LogP contribution >= 0.6 is 0 Å². The Morgan fingerprint density at radius 2 is 1.94 bits per heavy atom. The summed E-state index contributed by atoms with van der Waals surface area (Å²) in [5.74, 6) is 0.501. The number of ether oxygens (including phenoxy) is 2. The lowest BCUT2D eigenvalue weighted by molar-refractivity contribution is 0.0526. The maximum Gasteiger partial charge on any atom is 0.338 e. The molecular formula is C26H29NO6. The van der Waals surface area contributed by atoms with E-state index in [2.05, 4.69) is 11.8 Å². The number of aryl methyl sites for hydroxylation is 1. The lowest BCUT2D eigenvalue weighted by Gasteiger charge is -2.33. The van der Waals surface area contributed by atoms with E-state index >= 15 is 0 Å². The van der Waals surface area contributed by atoms with Crippen molar-refractivity contribution >= 4 is 16.9 Å². The van der Waals surface area contributed by atoms with Gasteiger partial charge in [0.25, 0.3) is 0 Å². The van der Waals surface area contributed by atoms with Gasteiger partial charge in [-0.15, -0.1) is 0 Å². The number of carbonyl (C=O) groups is 1. The van der Waals surface area contributed by atoms with Gasteiger partial charge in [-0.3, -0.25) is 9.69 Å². The maximum absolute atomic E-state index is 13.3. The maximum atomic E-state index is 13.3. The van der Waals surface area contributed by atoms with Gasteiger partial charge < -0.3 is 19.0 Å². The Hall–Kier alpha value is -3.32. The zero-order chi connectivity index (χ0) is 23.5. The number of phenols is 1. The molecule has 1 atom stereocenters. The van der Waals surface area contributed by atoms with Crippen molar-refractivity contribution in [2.45, 2.75) is 52.6 Å². The molecule has 0 bridgehead atoms. The van der Waals surface area contributed by atoms with Crippen molar-refractivity contribution < 1.29 is 23.8 Å². The number of esters is 1. The highest BCUT2D eigenvalue weighted by atomic mass is 16.5. The van der Waals surface area contributed by atoms with E-state index in [1.165, 1.54) is 12.5 Å². The molecule has 3 aromatic rings. The third-order valence-electron chi connectivity index (χ3n) is 6.15. The van der Waals surface area contributed by atoms with Gasteiger partial charge in [0, 0.05) is 12.6 Å². The molecule has 1 N–H and O–H groups in total. The number of carbonyl (C=O) groups excluding carboxylic acids is 1. The quantitative estimate of drug-likeness (QED) is 0.518. The monoisotopic (exact) mass is 451 g/mol. The van der Waals surface area contributed by atoms with Crippen LogP contribution in [0, 0.1) is 6.92 Å². The first-order valence-electron chi connectivity index (χ1n) is 11.4. The van der Waals surface area contributed by atoms with Gasteiger partial charge in [-0.05, 0) is 76.6 Å². The van der Waals surface area contributed by atoms with Crippen molar-refractivity contribution in [1.29, 1.82) is 0 Å². The molecule has 0 aliphatic carbocycles. The normalized spacial score (nSPS) is 16.6. The van der Waals surface area contributed by atoms with E-state index in [4.69, 9.17) is 13.9 Å². The third kappa shape index (κ3) is 4.73. The number of hydrogen-bond acceptors (Lipinski definition) is 7. The molecule has 0 spiro atoms. The summed E-state index contributed by atoms with van der Waals surface area (Å²) >= 11 is 0. The van der Waals surface area contributed by atoms with E-state index in [1.807, 2.05) is 0 Å². The van der Waals surface area contributed by atoms with Crippen LogP contribution in [0.2, 0.25) is 0 Å². The fourth-order valence-electron chi connectivity index (χ4n) is 4.25. The zero-order valence-corrected chi connectivity index (χ0v) is 19.2. The molecule has 7 heteroatoms. The number of phenolic OH excluding ortho intramolecular Hbond substituents is 1. The van der Waals surface area contributed by atoms with Crippen molar-refractivity contribution in [2.24, 2.45) is 0 Å². The van der Waals surface area contributed by atoms with Gasteiger partial charge in [-0.25, -0.2) is 4.79 Å². The van der Waals surface area contributed by atoms with E-state index < -0.39 is 5.97 Å². The third-order valence-corrected chi connectivity index (χ3v) is 6.15. The second-order valence-electron chi connectivity index (χ2n) is 8.42. The number of aromatic hydroxyl groups is 1. The smallest absolute Gasteiger partial charge is 0.338 e. The van der Waals surface area contributed by atoms with Crippen molar-refractivity contribution in [3.8, 4) is 17.2 Å². The minimum Gasteiger partial charge on any atom is -0.507 e. The summed E-state index contributed by atoms with van der Waals surface area (Å²) < 4.78 is 16.9. The van der Waals surface area contributed by atoms with E-state index in [1.54, 1.807) is 44.2 Å². The number of fused-ring (bicyclic) bond motifs is 1. The molecule has 1 unspecified atom stereocenters. The largest absolute Gasteiger partial charge is 0.507 e. The standard InChI is InChI=1S/C26H29NO6/c1-4-31-26(30)18-8-10-19(11-9-18)33-24-17(3)32-25-20(23(24)29)12-13-22(28)21(25)15-27-14-6-5-7-16(27)2/h8-13,16,28H,4-7,14-15H2,1-3H3. The van der Waals surface area contributed by atoms with Crippen LogP contribution in [0.5, 0.6) is 17.2 Å². The second kappa shape index (κ2) is 9.67. The molecular weight excluding hydrogens is 422 g/mol. The molecule has 2 heterocycles. The summed E-state index contributed by atoms with van der Waals surface area (Å²) in [5, 5.41) is 10.9. The minimum absolute atomic E-state index is 0.0781. The van der Waals surface area contributed by atoms with Crippen LogP contribution in [0.25, 0.3) is 11.0 Å². The van der Waals surface area contributed by atoms with Crippen molar-refractivity contribution in [2.75, 3.05) is 13.2 Å². The first-order valence-corrected chi connectivity index (χ1v) is 11.4. The number of benzene rings is 2. The molecule has 1 aliphatic heterocycles. The number of nitrogens with zero attached hydrogens (tertiary/aromatic N) is 1. The fourth-order valence-corrected chi connectivity index (χ4v) is 4.25. The first kappa shape index (κ1) is 22.9. The SMILES string of the molecule is CCOC(=O)c1ccc(Oc2c(C)oc3c(CN4CCCCC4C)c(O)ccc3c2=O)cc1. The van der Waals surface area contributed by atoms with E-state index in [0.717, 1.165) is 19.4 Å². The van der Waals surface area contributed by atoms with E-state index in [0.29, 0.717) is 52.8 Å². The fraction of sp³-hybridized carbons (Fsp3) is 0.385. The van der Waals surface area contributed by atoms with E-state index in [-0.39, 0.29) is 16.9 Å². The van der Waals surface area contributed by atoms with Gasteiger partial charge in [0.1, 0.15) is 22.8 Å². The summed E-state index contributed by atoms with van der Waals surface area (Å²) in [4.78, 5) is 27.4. The van der Waals surface area contributed by atoms with Crippen LogP contribution in [0.1, 0.15) is 54.8 Å². The number of hydrogen-bond donors (Lipinski definition) is 1. The summed E-state index contributed by atoms with van der Waals surface area (Å²) in [6.07, 6.45) is 3.43. The Morgan fingerprint density at radius 1 is 1.18 bits per heavy atom. The Balaban J connectivity index is 1.66. The van der Waals surface area contributed by atoms with Crippen LogP contribution in [-0.4, -0.2) is 35.2 Å². The second-order valence-corrected chi connectivity index (χ2v) is 8.42. The molecule has 0 amide bonds. The topological polar surface area (TPSA) is 89.2 Å². The molecule has 2 aromatic carbocycles. The van der Waals surface area contributed by atoms with Crippen LogP contribution in [0.3, 0.4) is 0 Å². The zero-order valence-electron chi connectivity index (χ0n) is 19.2. The lowest BCUT2D eigenvalue weighted by atomic mass is 10.0. The average molecular weight is 452 g/mol. The summed E-state index contributed by atoms with van der Waals surface area (Å²) in [5.41, 5.74) is 1.10. The Morgan fingerprint density at radius 3 is 2.64 bits per heavy atom. The highest BCUT2D eigenvalue weighted by Gasteiger charge is 2.23. The highest BCUT2D eigenvalue weighted by Crippen LogP contribution is 2.33. The molecule has 33 heavy (non-hydrogen) atoms. The van der Waals surface area contributed by atoms with Gasteiger partial charge in [0.05, 0.1) is 23.1 Å². The van der Waals surface area contributed by atoms with Crippen molar-refractivity contribution in [3.63, 3.8) is 0 Å². The van der Waals surface area contributed by atoms with Crippen LogP contribution < -0.4 is 10.2 Å². The molecule has 0 radical (unpaired) electrons. The van der Waals surface area contributed by atoms with Crippen LogP contribution in [-0.2, 0) is 11.3 Å². The van der Waals surface area contributed by atoms with Gasteiger partial charge in [-0.2, -0.15) is 0 Å². The predicted octanol–water partition coefficient (Wildman–Crippen LogP) is 5.15. The van der Waals surface area contributed by atoms with Gasteiger partial charge in [0.2, 0.25) is 11.2 Å². The molecule has 1 aliphatic rings. The Labute approximate surface area is 192 Å². The number of likely N-dealkylation sites (tertiary alicyclic amines) is 1. The molecule has 1 aromatic heterocycles. The number of piperidine rings is 1. The minimum atomic E-state index is -0.416. The lowest BCUT2D eigenvalue weighted by Crippen LogP contribution is -2.36. The first-order chi connectivity index (χ1) is 15.9. The molecule has 1 fully saturated rings. The molecule has 1 saturated heterocycles. The molecule has 174 valence electrons. The summed E-state index contributed by atoms with van der Waals surface area (Å²) in [6.45, 7) is 7.35. The van der Waals surface area contributed by atoms with Gasteiger partial charge >= 0.3 is 5.97 Å². The predicted molar refractivity (Wildman–Crippen MR) is 125 cm³/mol. The molecule has 0 saturated carbocycles. The summed E-state index contributed by atoms with van der Waals surface area (Å²) in [7, 11) is 0. The van der Waals surface area contributed by atoms with Crippen LogP contribution in [0.15, 0.2) is 45.6 Å². The van der Waals surface area contributed by atoms with Crippen molar-refractivity contribution in [1.82, 2.24) is 4.90 Å². The number of rotatable bonds is 6. The molecule has 7 nitrogen and oxygen atoms in total. The Kier molecular flexibility index (Phi) is 6.70. The average Bonchev–Trinajstić information content (AvgIpc) is 2.80. The highest BCUT2D eigenvalue weighted by molar-refractivity contribution is 5.89. The Bertz CT molecular complexity index is 1210. The van der Waals surface area contributed by atoms with Crippen LogP contribution in [0.4, 0.5) is 0 Å². The summed E-state index contributed by atoms with van der Waals surface area (Å²) in [6, 6.07) is 9.89. The molecule has 4 rings (SSSR count). The van der Waals surface area contributed by atoms with E-state index in [9.17, 15) is 14.7 Å².